The predicted molar refractivity (Wildman–Crippen MR) is 272 cm³/mol. The van der Waals surface area contributed by atoms with E-state index in [9.17, 15) is 5.26 Å². The van der Waals surface area contributed by atoms with Crippen molar-refractivity contribution in [1.82, 2.24) is 4.57 Å². The molecule has 0 atom stereocenters. The molecule has 11 aromatic rings. The van der Waals surface area contributed by atoms with Crippen LogP contribution in [0, 0.1) is 11.3 Å². The summed E-state index contributed by atoms with van der Waals surface area (Å²) in [5, 5.41) is 17.2. The molecule has 0 unspecified atom stereocenters. The van der Waals surface area contributed by atoms with Crippen molar-refractivity contribution in [3.63, 3.8) is 0 Å². The Morgan fingerprint density at radius 1 is 0.354 bits per heavy atom. The Bertz CT molecular complexity index is 3890. The van der Waals surface area contributed by atoms with Crippen molar-refractivity contribution in [2.75, 3.05) is 0 Å². The van der Waals surface area contributed by atoms with Gasteiger partial charge < -0.3 is 4.57 Å². The Morgan fingerprint density at radius 2 is 0.800 bits per heavy atom. The summed E-state index contributed by atoms with van der Waals surface area (Å²) in [6.07, 6.45) is 0. The molecule has 0 saturated heterocycles. The Labute approximate surface area is 379 Å². The predicted octanol–water partition coefficient (Wildman–Crippen LogP) is 16.6. The van der Waals surface area contributed by atoms with Crippen molar-refractivity contribution in [3.05, 3.63) is 222 Å². The highest BCUT2D eigenvalue weighted by Crippen LogP contribution is 2.54. The van der Waals surface area contributed by atoms with Gasteiger partial charge in [0.05, 0.1) is 22.7 Å². The molecule has 0 saturated carbocycles. The number of hydrogen-bond donors (Lipinski definition) is 0. The van der Waals surface area contributed by atoms with Gasteiger partial charge in [0, 0.05) is 27.3 Å². The van der Waals surface area contributed by atoms with E-state index in [0.29, 0.717) is 5.56 Å². The molecule has 13 rings (SSSR count). The van der Waals surface area contributed by atoms with Crippen LogP contribution in [0.25, 0.3) is 105 Å². The maximum atomic E-state index is 10.0. The van der Waals surface area contributed by atoms with E-state index < -0.39 is 0 Å². The third-order valence-corrected chi connectivity index (χ3v) is 15.0. The molecule has 0 amide bonds. The third kappa shape index (κ3) is 5.27. The second-order valence-corrected chi connectivity index (χ2v) is 19.2. The third-order valence-electron chi connectivity index (χ3n) is 15.0. The molecule has 1 aromatic heterocycles. The maximum absolute atomic E-state index is 10.0. The van der Waals surface area contributed by atoms with E-state index in [1.807, 2.05) is 12.1 Å². The van der Waals surface area contributed by atoms with Gasteiger partial charge in [0.25, 0.3) is 0 Å². The Balaban J connectivity index is 1.08. The topological polar surface area (TPSA) is 28.7 Å². The van der Waals surface area contributed by atoms with Crippen LogP contribution in [0.15, 0.2) is 194 Å². The van der Waals surface area contributed by atoms with Crippen LogP contribution in [-0.4, -0.2) is 4.57 Å². The van der Waals surface area contributed by atoms with E-state index in [-0.39, 0.29) is 10.8 Å². The molecule has 2 nitrogen and oxygen atoms in total. The van der Waals surface area contributed by atoms with Gasteiger partial charge >= 0.3 is 0 Å². The average molecular weight is 829 g/mol. The second-order valence-electron chi connectivity index (χ2n) is 19.2. The molecule has 0 aliphatic heterocycles. The molecule has 2 aliphatic rings. The molecule has 0 fully saturated rings. The zero-order chi connectivity index (χ0) is 43.8. The van der Waals surface area contributed by atoms with Crippen LogP contribution in [0.5, 0.6) is 0 Å². The molecule has 2 aliphatic carbocycles. The van der Waals surface area contributed by atoms with Gasteiger partial charge in [-0.1, -0.05) is 161 Å². The first-order valence-corrected chi connectivity index (χ1v) is 22.7. The largest absolute Gasteiger partial charge is 0.309 e. The Hall–Kier alpha value is -7.99. The first kappa shape index (κ1) is 37.6. The number of nitrogens with zero attached hydrogens (tertiary/aromatic N) is 2. The van der Waals surface area contributed by atoms with Crippen LogP contribution in [-0.2, 0) is 10.8 Å². The molecule has 2 heteroatoms. The second kappa shape index (κ2) is 13.5. The lowest BCUT2D eigenvalue weighted by atomic mass is 9.79. The molecule has 0 N–H and O–H groups in total. The highest BCUT2D eigenvalue weighted by atomic mass is 15.0. The normalized spacial score (nSPS) is 14.1. The van der Waals surface area contributed by atoms with E-state index in [0.717, 1.165) is 38.6 Å². The van der Waals surface area contributed by atoms with Crippen LogP contribution in [0.4, 0.5) is 0 Å². The zero-order valence-electron chi connectivity index (χ0n) is 36.9. The van der Waals surface area contributed by atoms with Gasteiger partial charge in [0.15, 0.2) is 0 Å². The molecular weight excluding hydrogens is 785 g/mol. The Kier molecular flexibility index (Phi) is 7.81. The minimum atomic E-state index is -0.132. The van der Waals surface area contributed by atoms with Crippen LogP contribution in [0.3, 0.4) is 0 Å². The van der Waals surface area contributed by atoms with Crippen LogP contribution < -0.4 is 0 Å². The number of benzene rings is 10. The zero-order valence-corrected chi connectivity index (χ0v) is 36.9. The average Bonchev–Trinajstić information content (AvgIpc) is 3.88. The lowest BCUT2D eigenvalue weighted by Crippen LogP contribution is -2.15. The number of nitriles is 1. The highest BCUT2D eigenvalue weighted by Gasteiger charge is 2.37. The summed E-state index contributed by atoms with van der Waals surface area (Å²) < 4.78 is 2.32. The van der Waals surface area contributed by atoms with Crippen molar-refractivity contribution in [2.24, 2.45) is 0 Å². The first-order chi connectivity index (χ1) is 31.7. The number of fused-ring (bicyclic) bond motifs is 11. The van der Waals surface area contributed by atoms with Gasteiger partial charge in [0.2, 0.25) is 0 Å². The van der Waals surface area contributed by atoms with Gasteiger partial charge in [-0.2, -0.15) is 5.26 Å². The first-order valence-electron chi connectivity index (χ1n) is 22.7. The molecule has 10 aromatic carbocycles. The molecule has 1 heterocycles. The van der Waals surface area contributed by atoms with Crippen molar-refractivity contribution < 1.29 is 0 Å². The van der Waals surface area contributed by atoms with E-state index in [1.54, 1.807) is 0 Å². The van der Waals surface area contributed by atoms with Crippen LogP contribution in [0.1, 0.15) is 55.5 Å². The van der Waals surface area contributed by atoms with Gasteiger partial charge in [-0.25, -0.2) is 0 Å². The fraction of sp³-hybridized carbons (Fsp3) is 0.0952. The minimum Gasteiger partial charge on any atom is -0.309 e. The lowest BCUT2D eigenvalue weighted by Gasteiger charge is -2.24. The summed E-state index contributed by atoms with van der Waals surface area (Å²) in [5.41, 5.74) is 21.8. The van der Waals surface area contributed by atoms with E-state index in [2.05, 4.69) is 220 Å². The molecule has 0 radical (unpaired) electrons. The standard InChI is InChI=1S/C63H44N2/c1-62(2)54-20-12-10-16-44(54)46-27-24-41(35-56(46)62)60-48-18-8-9-19-49(48)61(42-25-28-47-45-17-11-13-21-55(45)63(3,4)57(47)36-42)53-34-39(23-29-50(53)60)40-26-31-59-52(33-40)51-32-38(37-64)22-30-58(51)65(59)43-14-6-5-7-15-43/h5-36H,1-4H3. The van der Waals surface area contributed by atoms with Gasteiger partial charge in [-0.3, -0.25) is 0 Å². The van der Waals surface area contributed by atoms with Crippen LogP contribution >= 0.6 is 0 Å². The Morgan fingerprint density at radius 3 is 1.40 bits per heavy atom. The number of rotatable bonds is 4. The number of para-hydroxylation sites is 1. The molecular formula is C63H44N2. The molecule has 306 valence electrons. The van der Waals surface area contributed by atoms with Crippen molar-refractivity contribution >= 4 is 43.4 Å². The SMILES string of the molecule is CC1(C)c2ccccc2-c2ccc(-c3c4ccccc4c(-c4ccc5c(c4)C(C)(C)c4ccccc4-5)c4cc(-c5ccc6c(c5)c5cc(C#N)ccc5n6-c5ccccc5)ccc34)cc21. The molecule has 65 heavy (non-hydrogen) atoms. The molecule has 0 bridgehead atoms. The fourth-order valence-electron chi connectivity index (χ4n) is 11.8. The summed E-state index contributed by atoms with van der Waals surface area (Å²) in [7, 11) is 0. The van der Waals surface area contributed by atoms with Gasteiger partial charge in [0.1, 0.15) is 0 Å². The van der Waals surface area contributed by atoms with Crippen molar-refractivity contribution in [3.8, 4) is 67.4 Å². The summed E-state index contributed by atoms with van der Waals surface area (Å²) in [4.78, 5) is 0. The summed E-state index contributed by atoms with van der Waals surface area (Å²) in [6.45, 7) is 9.49. The minimum absolute atomic E-state index is 0.119. The smallest absolute Gasteiger partial charge is 0.0991 e. The van der Waals surface area contributed by atoms with E-state index >= 15 is 0 Å². The van der Waals surface area contributed by atoms with Crippen molar-refractivity contribution in [1.29, 1.82) is 5.26 Å². The van der Waals surface area contributed by atoms with Gasteiger partial charge in [-0.05, 0) is 160 Å². The summed E-state index contributed by atoms with van der Waals surface area (Å²) >= 11 is 0. The van der Waals surface area contributed by atoms with E-state index in [4.69, 9.17) is 0 Å². The lowest BCUT2D eigenvalue weighted by molar-refractivity contribution is 0.660. The van der Waals surface area contributed by atoms with Gasteiger partial charge in [-0.15, -0.1) is 0 Å². The quantitative estimate of drug-likeness (QED) is 0.162. The summed E-state index contributed by atoms with van der Waals surface area (Å²) in [5.74, 6) is 0. The summed E-state index contributed by atoms with van der Waals surface area (Å²) in [6, 6.07) is 74.2. The van der Waals surface area contributed by atoms with Crippen molar-refractivity contribution in [2.45, 2.75) is 38.5 Å². The highest BCUT2D eigenvalue weighted by molar-refractivity contribution is 6.22. The number of aromatic nitrogens is 1. The fourth-order valence-corrected chi connectivity index (χ4v) is 11.8. The monoisotopic (exact) mass is 828 g/mol. The van der Waals surface area contributed by atoms with E-state index in [1.165, 1.54) is 88.3 Å². The van der Waals surface area contributed by atoms with Crippen LogP contribution in [0.2, 0.25) is 0 Å². The molecule has 0 spiro atoms. The number of hydrogen-bond acceptors (Lipinski definition) is 1. The maximum Gasteiger partial charge on any atom is 0.0991 e.